The van der Waals surface area contributed by atoms with Crippen LogP contribution in [0, 0.1) is 0 Å². The van der Waals surface area contributed by atoms with Crippen molar-refractivity contribution in [1.29, 1.82) is 0 Å². The van der Waals surface area contributed by atoms with Crippen molar-refractivity contribution in [2.75, 3.05) is 58.9 Å². The normalized spacial score (nSPS) is 18.4. The van der Waals surface area contributed by atoms with E-state index in [1.165, 1.54) is 12.1 Å². The van der Waals surface area contributed by atoms with Crippen LogP contribution in [0.1, 0.15) is 16.8 Å². The molecule has 154 valence electrons. The Balaban J connectivity index is 1.47. The first-order chi connectivity index (χ1) is 13.5. The SMILES string of the molecule is O=C(CCN1CCN(C(=O)c2ccccc2OC(F)F)CC1)N1CCNCC1. The zero-order chi connectivity index (χ0) is 19.9. The quantitative estimate of drug-likeness (QED) is 0.773. The number of rotatable bonds is 6. The molecule has 0 radical (unpaired) electrons. The number of benzene rings is 1. The summed E-state index contributed by atoms with van der Waals surface area (Å²) in [4.78, 5) is 30.6. The number of alkyl halides is 2. The molecule has 0 spiro atoms. The van der Waals surface area contributed by atoms with E-state index in [4.69, 9.17) is 0 Å². The summed E-state index contributed by atoms with van der Waals surface area (Å²) < 4.78 is 29.6. The van der Waals surface area contributed by atoms with Crippen molar-refractivity contribution in [3.8, 4) is 5.75 Å². The Hall–Kier alpha value is -2.26. The van der Waals surface area contributed by atoms with E-state index in [0.717, 1.165) is 26.2 Å². The first-order valence-corrected chi connectivity index (χ1v) is 9.58. The van der Waals surface area contributed by atoms with Crippen LogP contribution in [0.2, 0.25) is 0 Å². The fraction of sp³-hybridized carbons (Fsp3) is 0.579. The van der Waals surface area contributed by atoms with E-state index in [0.29, 0.717) is 39.1 Å². The van der Waals surface area contributed by atoms with Gasteiger partial charge in [0.2, 0.25) is 5.91 Å². The summed E-state index contributed by atoms with van der Waals surface area (Å²) in [6, 6.07) is 6.06. The zero-order valence-electron chi connectivity index (χ0n) is 15.8. The van der Waals surface area contributed by atoms with Crippen LogP contribution in [0.5, 0.6) is 5.75 Å². The van der Waals surface area contributed by atoms with Gasteiger partial charge in [0.1, 0.15) is 5.75 Å². The number of nitrogens with zero attached hydrogens (tertiary/aromatic N) is 3. The van der Waals surface area contributed by atoms with E-state index >= 15 is 0 Å². The average molecular weight is 396 g/mol. The molecule has 7 nitrogen and oxygen atoms in total. The highest BCUT2D eigenvalue weighted by Gasteiger charge is 2.25. The Labute approximate surface area is 163 Å². The van der Waals surface area contributed by atoms with Crippen LogP contribution in [0.3, 0.4) is 0 Å². The van der Waals surface area contributed by atoms with E-state index < -0.39 is 6.61 Å². The molecule has 0 unspecified atom stereocenters. The highest BCUT2D eigenvalue weighted by Crippen LogP contribution is 2.22. The average Bonchev–Trinajstić information content (AvgIpc) is 2.72. The first kappa shape index (κ1) is 20.5. The number of ether oxygens (including phenoxy) is 1. The summed E-state index contributed by atoms with van der Waals surface area (Å²) in [5, 5.41) is 3.23. The Morgan fingerprint density at radius 3 is 2.36 bits per heavy atom. The zero-order valence-corrected chi connectivity index (χ0v) is 15.8. The van der Waals surface area contributed by atoms with E-state index in [2.05, 4.69) is 15.0 Å². The second kappa shape index (κ2) is 9.79. The molecule has 2 fully saturated rings. The van der Waals surface area contributed by atoms with Gasteiger partial charge in [-0.15, -0.1) is 0 Å². The molecule has 9 heteroatoms. The second-order valence-corrected chi connectivity index (χ2v) is 6.89. The molecule has 0 bridgehead atoms. The lowest BCUT2D eigenvalue weighted by atomic mass is 10.1. The Bertz CT molecular complexity index is 675. The number of hydrogen-bond donors (Lipinski definition) is 1. The third kappa shape index (κ3) is 5.39. The molecule has 1 N–H and O–H groups in total. The highest BCUT2D eigenvalue weighted by atomic mass is 19.3. The van der Waals surface area contributed by atoms with Crippen LogP contribution in [-0.4, -0.2) is 92.0 Å². The summed E-state index contributed by atoms with van der Waals surface area (Å²) in [7, 11) is 0. The van der Waals surface area contributed by atoms with Crippen LogP contribution >= 0.6 is 0 Å². The lowest BCUT2D eigenvalue weighted by Gasteiger charge is -2.35. The van der Waals surface area contributed by atoms with Gasteiger partial charge in [-0.3, -0.25) is 14.5 Å². The molecule has 2 aliphatic heterocycles. The number of nitrogens with one attached hydrogen (secondary N) is 1. The fourth-order valence-corrected chi connectivity index (χ4v) is 3.51. The molecule has 2 heterocycles. The minimum atomic E-state index is -2.97. The van der Waals surface area contributed by atoms with Crippen molar-refractivity contribution in [3.05, 3.63) is 29.8 Å². The smallest absolute Gasteiger partial charge is 0.387 e. The molecule has 0 aliphatic carbocycles. The molecule has 3 rings (SSSR count). The Kier molecular flexibility index (Phi) is 7.16. The van der Waals surface area contributed by atoms with E-state index in [1.807, 2.05) is 4.90 Å². The molecule has 28 heavy (non-hydrogen) atoms. The van der Waals surface area contributed by atoms with Gasteiger partial charge < -0.3 is 19.9 Å². The maximum atomic E-state index is 12.7. The van der Waals surface area contributed by atoms with E-state index in [9.17, 15) is 18.4 Å². The van der Waals surface area contributed by atoms with Crippen molar-refractivity contribution < 1.29 is 23.1 Å². The van der Waals surface area contributed by atoms with Crippen LogP contribution in [0.25, 0.3) is 0 Å². The minimum absolute atomic E-state index is 0.105. The van der Waals surface area contributed by atoms with E-state index in [-0.39, 0.29) is 23.1 Å². The summed E-state index contributed by atoms with van der Waals surface area (Å²) >= 11 is 0. The maximum absolute atomic E-state index is 12.7. The molecule has 2 amide bonds. The predicted molar refractivity (Wildman–Crippen MR) is 99.5 cm³/mol. The van der Waals surface area contributed by atoms with Gasteiger partial charge >= 0.3 is 6.61 Å². The van der Waals surface area contributed by atoms with Crippen molar-refractivity contribution in [1.82, 2.24) is 20.0 Å². The molecule has 1 aromatic rings. The molecule has 0 saturated carbocycles. The van der Waals surface area contributed by atoms with Gasteiger partial charge in [0.05, 0.1) is 5.56 Å². The molecule has 0 atom stereocenters. The highest BCUT2D eigenvalue weighted by molar-refractivity contribution is 5.97. The standard InChI is InChI=1S/C19H26F2N4O3/c20-19(21)28-16-4-2-1-3-15(16)18(27)25-13-11-23(12-14-25)8-5-17(26)24-9-6-22-7-10-24/h1-4,19,22H,5-14H2. The van der Waals surface area contributed by atoms with E-state index in [1.54, 1.807) is 17.0 Å². The van der Waals surface area contributed by atoms with Gasteiger partial charge in [0.15, 0.2) is 0 Å². The van der Waals surface area contributed by atoms with Crippen molar-refractivity contribution in [3.63, 3.8) is 0 Å². The summed E-state index contributed by atoms with van der Waals surface area (Å²) in [5.41, 5.74) is 0.144. The van der Waals surface area contributed by atoms with Crippen LogP contribution in [0.4, 0.5) is 8.78 Å². The van der Waals surface area contributed by atoms with Crippen molar-refractivity contribution in [2.24, 2.45) is 0 Å². The number of piperazine rings is 2. The lowest BCUT2D eigenvalue weighted by Crippen LogP contribution is -2.50. The van der Waals surface area contributed by atoms with Crippen molar-refractivity contribution in [2.45, 2.75) is 13.0 Å². The Morgan fingerprint density at radius 1 is 1.00 bits per heavy atom. The number of carbonyl (C=O) groups is 2. The number of carbonyl (C=O) groups excluding carboxylic acids is 2. The second-order valence-electron chi connectivity index (χ2n) is 6.89. The molecule has 0 aromatic heterocycles. The lowest BCUT2D eigenvalue weighted by molar-refractivity contribution is -0.132. The number of para-hydroxylation sites is 1. The van der Waals surface area contributed by atoms with Crippen LogP contribution in [-0.2, 0) is 4.79 Å². The molecular weight excluding hydrogens is 370 g/mol. The van der Waals surface area contributed by atoms with Crippen LogP contribution in [0.15, 0.2) is 24.3 Å². The van der Waals surface area contributed by atoms with Gasteiger partial charge in [0, 0.05) is 65.3 Å². The molecule has 2 aliphatic rings. The molecular formula is C19H26F2N4O3. The minimum Gasteiger partial charge on any atom is -0.434 e. The monoisotopic (exact) mass is 396 g/mol. The van der Waals surface area contributed by atoms with Gasteiger partial charge in [-0.05, 0) is 12.1 Å². The maximum Gasteiger partial charge on any atom is 0.387 e. The van der Waals surface area contributed by atoms with Gasteiger partial charge in [-0.25, -0.2) is 0 Å². The Morgan fingerprint density at radius 2 is 1.68 bits per heavy atom. The topological polar surface area (TPSA) is 65.1 Å². The summed E-state index contributed by atoms with van der Waals surface area (Å²) in [6.45, 7) is 3.15. The van der Waals surface area contributed by atoms with Crippen molar-refractivity contribution >= 4 is 11.8 Å². The molecule has 2 saturated heterocycles. The summed E-state index contributed by atoms with van der Waals surface area (Å²) in [5.74, 6) is -0.252. The number of hydrogen-bond acceptors (Lipinski definition) is 5. The third-order valence-electron chi connectivity index (χ3n) is 5.10. The largest absolute Gasteiger partial charge is 0.434 e. The predicted octanol–water partition coefficient (Wildman–Crippen LogP) is 0.868. The third-order valence-corrected chi connectivity index (χ3v) is 5.10. The van der Waals surface area contributed by atoms with Gasteiger partial charge in [-0.2, -0.15) is 8.78 Å². The fourth-order valence-electron chi connectivity index (χ4n) is 3.51. The van der Waals surface area contributed by atoms with Gasteiger partial charge in [0.25, 0.3) is 5.91 Å². The number of amides is 2. The van der Waals surface area contributed by atoms with Gasteiger partial charge in [-0.1, -0.05) is 12.1 Å². The number of halogens is 2. The first-order valence-electron chi connectivity index (χ1n) is 9.58. The van der Waals surface area contributed by atoms with Crippen LogP contribution < -0.4 is 10.1 Å². The summed E-state index contributed by atoms with van der Waals surface area (Å²) in [6.07, 6.45) is 0.471. The molecule has 1 aromatic carbocycles.